The van der Waals surface area contributed by atoms with Crippen LogP contribution in [0.1, 0.15) is 121 Å². The van der Waals surface area contributed by atoms with Crippen LogP contribution < -0.4 is 10.6 Å². The Labute approximate surface area is 263 Å². The second kappa shape index (κ2) is 22.0. The molecular formula is C36H54N2O6. The van der Waals surface area contributed by atoms with E-state index in [4.69, 9.17) is 0 Å². The Morgan fingerprint density at radius 2 is 0.955 bits per heavy atom. The minimum atomic E-state index is -1.21. The highest BCUT2D eigenvalue weighted by Gasteiger charge is 2.27. The second-order valence-electron chi connectivity index (χ2n) is 12.0. The molecule has 0 aromatic heterocycles. The van der Waals surface area contributed by atoms with E-state index in [-0.39, 0.29) is 30.2 Å². The Balaban J connectivity index is 1.74. The highest BCUT2D eigenvalue weighted by Crippen LogP contribution is 2.16. The van der Waals surface area contributed by atoms with Crippen molar-refractivity contribution < 1.29 is 29.7 Å². The average molecular weight is 611 g/mol. The van der Waals surface area contributed by atoms with Crippen molar-refractivity contribution in [1.29, 1.82) is 0 Å². The molecule has 0 unspecified atom stereocenters. The summed E-state index contributed by atoms with van der Waals surface area (Å²) < 4.78 is 0. The lowest BCUT2D eigenvalue weighted by Gasteiger charge is -2.22. The molecule has 0 saturated heterocycles. The molecule has 2 aromatic rings. The fraction of sp³-hybridized carbons (Fsp3) is 0.583. The van der Waals surface area contributed by atoms with Gasteiger partial charge in [0.2, 0.25) is 11.8 Å². The number of nitrogens with one attached hydrogen (secondary N) is 2. The first kappa shape index (κ1) is 36.6. The summed E-state index contributed by atoms with van der Waals surface area (Å²) in [6.45, 7) is 2.25. The highest BCUT2D eigenvalue weighted by atomic mass is 16.4. The van der Waals surface area contributed by atoms with E-state index < -0.39 is 24.0 Å². The van der Waals surface area contributed by atoms with Gasteiger partial charge in [-0.2, -0.15) is 0 Å². The lowest BCUT2D eigenvalue weighted by atomic mass is 10.0. The van der Waals surface area contributed by atoms with Gasteiger partial charge in [-0.3, -0.25) is 9.59 Å². The van der Waals surface area contributed by atoms with Crippen LogP contribution in [0.2, 0.25) is 0 Å². The van der Waals surface area contributed by atoms with Gasteiger partial charge in [0.05, 0.1) is 0 Å². The van der Waals surface area contributed by atoms with Crippen LogP contribution in [0.4, 0.5) is 0 Å². The fourth-order valence-electron chi connectivity index (χ4n) is 5.34. The normalized spacial score (nSPS) is 12.4. The van der Waals surface area contributed by atoms with Crippen LogP contribution in [-0.2, 0) is 27.2 Å². The zero-order valence-corrected chi connectivity index (χ0v) is 26.6. The molecule has 2 rings (SSSR count). The van der Waals surface area contributed by atoms with Crippen LogP contribution >= 0.6 is 0 Å². The lowest BCUT2D eigenvalue weighted by Crippen LogP contribution is -2.53. The molecule has 0 aliphatic carbocycles. The van der Waals surface area contributed by atoms with Crippen LogP contribution in [-0.4, -0.2) is 45.2 Å². The molecule has 0 aliphatic heterocycles. The third-order valence-corrected chi connectivity index (χ3v) is 8.03. The van der Waals surface area contributed by atoms with Gasteiger partial charge in [-0.15, -0.1) is 0 Å². The molecule has 0 bridgehead atoms. The number of unbranched alkanes of at least 4 members (excludes halogenated alkanes) is 14. The summed E-state index contributed by atoms with van der Waals surface area (Å²) in [5.74, 6) is -1.88. The number of benzene rings is 2. The van der Waals surface area contributed by atoms with E-state index in [1.807, 2.05) is 0 Å². The van der Waals surface area contributed by atoms with E-state index in [1.54, 1.807) is 24.3 Å². The Bertz CT molecular complexity index is 1090. The number of aliphatic carboxylic acids is 1. The minimum absolute atomic E-state index is 0.0281. The maximum absolute atomic E-state index is 13.2. The first-order valence-corrected chi connectivity index (χ1v) is 16.7. The molecule has 2 aromatic carbocycles. The maximum Gasteiger partial charge on any atom is 0.326 e. The van der Waals surface area contributed by atoms with E-state index >= 15 is 0 Å². The van der Waals surface area contributed by atoms with Gasteiger partial charge in [0.25, 0.3) is 0 Å². The van der Waals surface area contributed by atoms with E-state index in [0.29, 0.717) is 12.0 Å². The number of phenolic OH excluding ortho intramolecular Hbond substituents is 2. The first-order chi connectivity index (χ1) is 21.3. The van der Waals surface area contributed by atoms with Crippen LogP contribution in [0.3, 0.4) is 0 Å². The van der Waals surface area contributed by atoms with Gasteiger partial charge in [-0.05, 0) is 41.8 Å². The van der Waals surface area contributed by atoms with Gasteiger partial charge >= 0.3 is 5.97 Å². The van der Waals surface area contributed by atoms with E-state index in [1.165, 1.54) is 101 Å². The summed E-state index contributed by atoms with van der Waals surface area (Å²) in [5.41, 5.74) is 1.36. The summed E-state index contributed by atoms with van der Waals surface area (Å²) >= 11 is 0. The lowest BCUT2D eigenvalue weighted by molar-refractivity contribution is -0.142. The molecule has 2 amide bonds. The monoisotopic (exact) mass is 610 g/mol. The Kier molecular flexibility index (Phi) is 18.3. The molecule has 44 heavy (non-hydrogen) atoms. The first-order valence-electron chi connectivity index (χ1n) is 16.7. The molecule has 0 radical (unpaired) electrons. The molecule has 0 spiro atoms. The Morgan fingerprint density at radius 1 is 0.568 bits per heavy atom. The molecule has 0 saturated carbocycles. The van der Waals surface area contributed by atoms with Crippen molar-refractivity contribution in [1.82, 2.24) is 10.6 Å². The summed E-state index contributed by atoms with van der Waals surface area (Å²) in [5, 5.41) is 34.2. The fourth-order valence-corrected chi connectivity index (χ4v) is 5.34. The minimum Gasteiger partial charge on any atom is -0.508 e. The number of phenols is 2. The molecule has 0 fully saturated rings. The number of carbonyl (C=O) groups is 3. The third-order valence-electron chi connectivity index (χ3n) is 8.03. The van der Waals surface area contributed by atoms with Gasteiger partial charge in [0.1, 0.15) is 23.6 Å². The topological polar surface area (TPSA) is 136 Å². The predicted molar refractivity (Wildman–Crippen MR) is 175 cm³/mol. The number of hydrogen-bond donors (Lipinski definition) is 5. The number of hydrogen-bond acceptors (Lipinski definition) is 5. The quantitative estimate of drug-likeness (QED) is 0.0798. The zero-order valence-electron chi connectivity index (χ0n) is 26.6. The number of carbonyl (C=O) groups excluding carboxylic acids is 2. The van der Waals surface area contributed by atoms with Crippen molar-refractivity contribution in [3.8, 4) is 11.5 Å². The van der Waals surface area contributed by atoms with Crippen molar-refractivity contribution in [2.45, 2.75) is 135 Å². The molecule has 244 valence electrons. The number of aromatic hydroxyl groups is 2. The highest BCUT2D eigenvalue weighted by molar-refractivity contribution is 5.90. The average Bonchev–Trinajstić information content (AvgIpc) is 3.00. The summed E-state index contributed by atoms with van der Waals surface area (Å²) in [6, 6.07) is 10.3. The molecule has 8 nitrogen and oxygen atoms in total. The summed E-state index contributed by atoms with van der Waals surface area (Å²) in [7, 11) is 0. The molecule has 5 N–H and O–H groups in total. The van der Waals surface area contributed by atoms with Crippen LogP contribution in [0.15, 0.2) is 48.5 Å². The van der Waals surface area contributed by atoms with Crippen molar-refractivity contribution in [3.05, 3.63) is 59.7 Å². The van der Waals surface area contributed by atoms with E-state index in [2.05, 4.69) is 17.6 Å². The number of amides is 2. The van der Waals surface area contributed by atoms with E-state index in [9.17, 15) is 29.7 Å². The van der Waals surface area contributed by atoms with Crippen molar-refractivity contribution in [2.24, 2.45) is 0 Å². The number of rotatable bonds is 24. The van der Waals surface area contributed by atoms with Gasteiger partial charge in [-0.1, -0.05) is 121 Å². The van der Waals surface area contributed by atoms with Crippen LogP contribution in [0.5, 0.6) is 11.5 Å². The predicted octanol–water partition coefficient (Wildman–Crippen LogP) is 7.20. The van der Waals surface area contributed by atoms with Gasteiger partial charge in [-0.25, -0.2) is 4.79 Å². The maximum atomic E-state index is 13.2. The summed E-state index contributed by atoms with van der Waals surface area (Å²) in [4.78, 5) is 38.0. The third kappa shape index (κ3) is 16.3. The molecule has 8 heteroatoms. The van der Waals surface area contributed by atoms with Gasteiger partial charge in [0.15, 0.2) is 0 Å². The van der Waals surface area contributed by atoms with Crippen LogP contribution in [0.25, 0.3) is 0 Å². The standard InChI is InChI=1S/C36H54N2O6/c1-2-3-4-5-6-7-8-9-10-11-12-13-14-15-16-17-34(41)37-32(26-28-18-22-30(39)23-19-28)35(42)38-33(36(43)44)27-29-20-24-31(40)25-21-29/h18-25,32-33,39-40H,2-17,26-27H2,1H3,(H,37,41)(H,38,42)(H,43,44)/t32-,33-/m0/s1. The SMILES string of the molecule is CCCCCCCCCCCCCCCCCC(=O)N[C@@H](Cc1ccc(O)cc1)C(=O)N[C@@H](Cc1ccc(O)cc1)C(=O)O. The van der Waals surface area contributed by atoms with E-state index in [0.717, 1.165) is 24.8 Å². The van der Waals surface area contributed by atoms with Crippen molar-refractivity contribution >= 4 is 17.8 Å². The van der Waals surface area contributed by atoms with Gasteiger partial charge < -0.3 is 26.0 Å². The second-order valence-corrected chi connectivity index (χ2v) is 12.0. The van der Waals surface area contributed by atoms with Gasteiger partial charge in [0, 0.05) is 19.3 Å². The Morgan fingerprint density at radius 3 is 1.36 bits per heavy atom. The van der Waals surface area contributed by atoms with Crippen LogP contribution in [0, 0.1) is 0 Å². The summed E-state index contributed by atoms with van der Waals surface area (Å²) in [6.07, 6.45) is 19.1. The smallest absolute Gasteiger partial charge is 0.326 e. The van der Waals surface area contributed by atoms with Crippen molar-refractivity contribution in [2.75, 3.05) is 0 Å². The molecule has 0 aliphatic rings. The largest absolute Gasteiger partial charge is 0.508 e. The Hall–Kier alpha value is -3.55. The van der Waals surface area contributed by atoms with Crippen molar-refractivity contribution in [3.63, 3.8) is 0 Å². The molecular weight excluding hydrogens is 556 g/mol. The zero-order chi connectivity index (χ0) is 32.0. The number of carboxylic acids is 1. The number of carboxylic acid groups (broad SMARTS) is 1. The molecule has 2 atom stereocenters. The molecule has 0 heterocycles.